The molecule has 1 heterocycles. The van der Waals surface area contributed by atoms with Crippen LogP contribution in [0, 0.1) is 22.7 Å². The van der Waals surface area contributed by atoms with Crippen LogP contribution >= 0.6 is 7.82 Å². The summed E-state index contributed by atoms with van der Waals surface area (Å²) in [7, 11) is -4.18. The Morgan fingerprint density at radius 3 is 1.27 bits per heavy atom. The van der Waals surface area contributed by atoms with Crippen LogP contribution in [-0.2, 0) is 20.2 Å². The van der Waals surface area contributed by atoms with Gasteiger partial charge in [0, 0.05) is 18.6 Å². The number of phosphoric acid groups is 1. The van der Waals surface area contributed by atoms with Crippen LogP contribution in [0.1, 0.15) is 178 Å². The lowest BCUT2D eigenvalue weighted by Crippen LogP contribution is -2.32. The van der Waals surface area contributed by atoms with Crippen molar-refractivity contribution in [1.82, 2.24) is 0 Å². The van der Waals surface area contributed by atoms with E-state index in [0.29, 0.717) is 0 Å². The first kappa shape index (κ1) is 44.3. The van der Waals surface area contributed by atoms with Gasteiger partial charge in [-0.15, -0.1) is 0 Å². The summed E-state index contributed by atoms with van der Waals surface area (Å²) in [6.07, 6.45) is 29.2. The van der Waals surface area contributed by atoms with Crippen LogP contribution in [0.5, 0.6) is 0 Å². The lowest BCUT2D eigenvalue weighted by Gasteiger charge is -2.29. The van der Waals surface area contributed by atoms with Gasteiger partial charge in [-0.05, 0) is 41.9 Å². The average Bonchev–Trinajstić information content (AvgIpc) is 2.94. The fourth-order valence-electron chi connectivity index (χ4n) is 6.11. The maximum atomic E-state index is 11.8. The van der Waals surface area contributed by atoms with Crippen molar-refractivity contribution in [2.24, 2.45) is 22.7 Å². The Kier molecular flexibility index (Phi) is 25.8. The van der Waals surface area contributed by atoms with E-state index in [9.17, 15) is 9.46 Å². The fourth-order valence-corrected chi connectivity index (χ4v) is 7.06. The molecule has 0 aliphatic carbocycles. The summed E-state index contributed by atoms with van der Waals surface area (Å²) >= 11 is 0. The molecule has 266 valence electrons. The standard InChI is InChI=1S/C23H42N.C16H35O4P/c1-2-3-4-5-6-7-8-9-10-11-12-13-14-15-16-18-21-24-22-19-17-20-23-24;1-13(9-15(3,4)5)11-19-21(17,18)20-12-14(2)10-16(6,7)8/h17,19-20,22-23H,2-16,18,21H2,1H3;13-14H,9-12H2,1-8H3,(H,17,18)/q+1;/p-1. The van der Waals surface area contributed by atoms with Crippen molar-refractivity contribution >= 4 is 7.82 Å². The summed E-state index contributed by atoms with van der Waals surface area (Å²) in [4.78, 5) is 11.8. The van der Waals surface area contributed by atoms with Crippen molar-refractivity contribution in [3.8, 4) is 0 Å². The van der Waals surface area contributed by atoms with Gasteiger partial charge in [-0.1, -0.05) is 158 Å². The molecule has 0 radical (unpaired) electrons. The van der Waals surface area contributed by atoms with Gasteiger partial charge in [-0.2, -0.15) is 0 Å². The number of rotatable bonds is 25. The number of hydrogen-bond acceptors (Lipinski definition) is 4. The van der Waals surface area contributed by atoms with Crippen molar-refractivity contribution in [3.63, 3.8) is 0 Å². The third kappa shape index (κ3) is 33.0. The first-order chi connectivity index (χ1) is 21.1. The first-order valence-corrected chi connectivity index (χ1v) is 20.1. The lowest BCUT2D eigenvalue weighted by molar-refractivity contribution is -0.697. The third-order valence-corrected chi connectivity index (χ3v) is 8.93. The van der Waals surface area contributed by atoms with Crippen LogP contribution in [-0.4, -0.2) is 13.2 Å². The molecule has 0 N–H and O–H groups in total. The van der Waals surface area contributed by atoms with Gasteiger partial charge in [0.15, 0.2) is 12.4 Å². The molecule has 0 spiro atoms. The molecule has 1 aromatic heterocycles. The maximum Gasteiger partial charge on any atom is 0.267 e. The van der Waals surface area contributed by atoms with E-state index in [4.69, 9.17) is 9.05 Å². The molecule has 0 aliphatic rings. The predicted molar refractivity (Wildman–Crippen MR) is 192 cm³/mol. The second-order valence-electron chi connectivity index (χ2n) is 16.2. The van der Waals surface area contributed by atoms with Crippen LogP contribution in [0.15, 0.2) is 30.6 Å². The Bertz CT molecular complexity index is 804. The zero-order chi connectivity index (χ0) is 34.0. The van der Waals surface area contributed by atoms with Gasteiger partial charge in [0.05, 0.1) is 13.2 Å². The van der Waals surface area contributed by atoms with Crippen LogP contribution in [0.4, 0.5) is 0 Å². The van der Waals surface area contributed by atoms with Crippen molar-refractivity contribution in [2.45, 2.75) is 184 Å². The van der Waals surface area contributed by atoms with Crippen LogP contribution in [0.2, 0.25) is 0 Å². The maximum absolute atomic E-state index is 11.8. The number of pyridine rings is 1. The monoisotopic (exact) mass is 654 g/mol. The van der Waals surface area contributed by atoms with Crippen LogP contribution in [0.25, 0.3) is 0 Å². The highest BCUT2D eigenvalue weighted by atomic mass is 31.2. The Labute approximate surface area is 281 Å². The molecule has 0 amide bonds. The summed E-state index contributed by atoms with van der Waals surface area (Å²) < 4.78 is 24.0. The molecule has 0 aromatic carbocycles. The van der Waals surface area contributed by atoms with Crippen molar-refractivity contribution < 1.29 is 23.1 Å². The highest BCUT2D eigenvalue weighted by Gasteiger charge is 2.20. The molecule has 0 fully saturated rings. The zero-order valence-electron chi connectivity index (χ0n) is 31.4. The minimum Gasteiger partial charge on any atom is -0.756 e. The Morgan fingerprint density at radius 2 is 0.933 bits per heavy atom. The van der Waals surface area contributed by atoms with E-state index in [1.807, 2.05) is 13.8 Å². The van der Waals surface area contributed by atoms with E-state index in [2.05, 4.69) is 83.6 Å². The quantitative estimate of drug-likeness (QED) is 0.0598. The normalized spacial score (nSPS) is 14.8. The molecule has 0 bridgehead atoms. The van der Waals surface area contributed by atoms with Crippen molar-refractivity contribution in [3.05, 3.63) is 30.6 Å². The predicted octanol–water partition coefficient (Wildman–Crippen LogP) is 11.9. The summed E-state index contributed by atoms with van der Waals surface area (Å²) in [6, 6.07) is 6.32. The molecule has 1 rings (SSSR count). The molecule has 45 heavy (non-hydrogen) atoms. The Balaban J connectivity index is 0.000000870. The molecular weight excluding hydrogens is 577 g/mol. The summed E-state index contributed by atoms with van der Waals surface area (Å²) in [6.45, 7) is 20.6. The van der Waals surface area contributed by atoms with E-state index in [-0.39, 0.29) is 35.9 Å². The van der Waals surface area contributed by atoms with Crippen molar-refractivity contribution in [2.75, 3.05) is 13.2 Å². The number of aromatic nitrogens is 1. The van der Waals surface area contributed by atoms with E-state index in [1.165, 1.54) is 109 Å². The number of nitrogens with zero attached hydrogens (tertiary/aromatic N) is 1. The van der Waals surface area contributed by atoms with Gasteiger partial charge in [0.2, 0.25) is 0 Å². The molecule has 6 heteroatoms. The van der Waals surface area contributed by atoms with Gasteiger partial charge in [-0.3, -0.25) is 4.57 Å². The lowest BCUT2D eigenvalue weighted by atomic mass is 9.86. The molecule has 2 atom stereocenters. The minimum absolute atomic E-state index is 0.164. The smallest absolute Gasteiger partial charge is 0.267 e. The van der Waals surface area contributed by atoms with E-state index in [1.54, 1.807) is 0 Å². The topological polar surface area (TPSA) is 62.5 Å². The SMILES string of the molecule is CC(COP(=O)([O-])OCC(C)CC(C)(C)C)CC(C)(C)C.CCCCCCCCCCCCCCCCCC[n+]1ccccc1. The summed E-state index contributed by atoms with van der Waals surface area (Å²) in [5.41, 5.74) is 0.329. The van der Waals surface area contributed by atoms with E-state index < -0.39 is 7.82 Å². The van der Waals surface area contributed by atoms with E-state index in [0.717, 1.165) is 12.8 Å². The molecule has 0 aliphatic heterocycles. The van der Waals surface area contributed by atoms with Crippen LogP contribution in [0.3, 0.4) is 0 Å². The second-order valence-corrected chi connectivity index (χ2v) is 17.6. The summed E-state index contributed by atoms with van der Waals surface area (Å²) in [5, 5.41) is 0. The molecule has 1 aromatic rings. The molecule has 0 saturated heterocycles. The van der Waals surface area contributed by atoms with E-state index >= 15 is 0 Å². The number of phosphoric ester groups is 1. The minimum atomic E-state index is -4.18. The number of unbranched alkanes of at least 4 members (excludes halogenated alkanes) is 15. The first-order valence-electron chi connectivity index (χ1n) is 18.7. The Hall–Kier alpha value is -0.740. The van der Waals surface area contributed by atoms with Gasteiger partial charge in [-0.25, -0.2) is 4.57 Å². The van der Waals surface area contributed by atoms with Gasteiger partial charge in [0.1, 0.15) is 6.54 Å². The van der Waals surface area contributed by atoms with Crippen LogP contribution < -0.4 is 9.46 Å². The molecule has 5 nitrogen and oxygen atoms in total. The average molecular weight is 654 g/mol. The highest BCUT2D eigenvalue weighted by molar-refractivity contribution is 7.45. The number of aryl methyl sites for hydroxylation is 1. The third-order valence-electron chi connectivity index (χ3n) is 8.00. The van der Waals surface area contributed by atoms with Crippen molar-refractivity contribution in [1.29, 1.82) is 0 Å². The highest BCUT2D eigenvalue weighted by Crippen LogP contribution is 2.41. The molecule has 2 unspecified atom stereocenters. The van der Waals surface area contributed by atoms with Gasteiger partial charge in [0.25, 0.3) is 7.82 Å². The second kappa shape index (κ2) is 26.2. The molecule has 0 saturated carbocycles. The number of hydrogen-bond donors (Lipinski definition) is 0. The summed E-state index contributed by atoms with van der Waals surface area (Å²) in [5.74, 6) is 0.366. The fraction of sp³-hybridized carbons (Fsp3) is 0.872. The largest absolute Gasteiger partial charge is 0.756 e. The van der Waals surface area contributed by atoms with Gasteiger partial charge < -0.3 is 13.9 Å². The zero-order valence-corrected chi connectivity index (χ0v) is 32.3. The Morgan fingerprint density at radius 1 is 0.600 bits per heavy atom. The molecular formula is C39H76NO4P. The van der Waals surface area contributed by atoms with Gasteiger partial charge >= 0.3 is 0 Å².